The van der Waals surface area contributed by atoms with E-state index in [2.05, 4.69) is 4.98 Å². The molecule has 1 heterocycles. The standard InChI is InChI=1S/C17H12FNO/c18-14-8-6-12(7-9-14)15-10-11-16(19-17(15)20)13-4-2-1-3-5-13/h1-11H,(H,19,20). The first-order valence-corrected chi connectivity index (χ1v) is 6.29. The molecule has 0 aliphatic carbocycles. The molecule has 98 valence electrons. The number of aromatic amines is 1. The van der Waals surface area contributed by atoms with Crippen molar-refractivity contribution in [2.75, 3.05) is 0 Å². The first-order chi connectivity index (χ1) is 9.74. The molecular formula is C17H12FNO. The van der Waals surface area contributed by atoms with E-state index in [1.165, 1.54) is 12.1 Å². The van der Waals surface area contributed by atoms with E-state index >= 15 is 0 Å². The lowest BCUT2D eigenvalue weighted by atomic mass is 10.1. The zero-order valence-electron chi connectivity index (χ0n) is 10.6. The summed E-state index contributed by atoms with van der Waals surface area (Å²) in [5, 5.41) is 0. The molecule has 0 aliphatic heterocycles. The van der Waals surface area contributed by atoms with Crippen LogP contribution >= 0.6 is 0 Å². The van der Waals surface area contributed by atoms with Crippen LogP contribution in [0, 0.1) is 5.82 Å². The Morgan fingerprint density at radius 3 is 2.10 bits per heavy atom. The van der Waals surface area contributed by atoms with Crippen LogP contribution in [0.25, 0.3) is 22.4 Å². The van der Waals surface area contributed by atoms with Gasteiger partial charge in [-0.25, -0.2) is 4.39 Å². The topological polar surface area (TPSA) is 32.9 Å². The summed E-state index contributed by atoms with van der Waals surface area (Å²) in [7, 11) is 0. The fourth-order valence-electron chi connectivity index (χ4n) is 2.12. The molecule has 20 heavy (non-hydrogen) atoms. The summed E-state index contributed by atoms with van der Waals surface area (Å²) < 4.78 is 12.9. The minimum Gasteiger partial charge on any atom is -0.321 e. The van der Waals surface area contributed by atoms with Gasteiger partial charge in [-0.1, -0.05) is 42.5 Å². The van der Waals surface area contributed by atoms with Gasteiger partial charge in [0.05, 0.1) is 0 Å². The van der Waals surface area contributed by atoms with Crippen molar-refractivity contribution in [3.8, 4) is 22.4 Å². The second-order valence-corrected chi connectivity index (χ2v) is 4.49. The van der Waals surface area contributed by atoms with Crippen molar-refractivity contribution < 1.29 is 4.39 Å². The second kappa shape index (κ2) is 5.13. The van der Waals surface area contributed by atoms with E-state index in [0.29, 0.717) is 11.1 Å². The number of benzene rings is 2. The van der Waals surface area contributed by atoms with E-state index in [0.717, 1.165) is 11.3 Å². The van der Waals surface area contributed by atoms with Gasteiger partial charge in [-0.3, -0.25) is 4.79 Å². The molecule has 0 bridgehead atoms. The van der Waals surface area contributed by atoms with Gasteiger partial charge in [0.15, 0.2) is 0 Å². The van der Waals surface area contributed by atoms with Crippen LogP contribution in [0.4, 0.5) is 4.39 Å². The molecule has 0 unspecified atom stereocenters. The second-order valence-electron chi connectivity index (χ2n) is 4.49. The molecule has 0 radical (unpaired) electrons. The van der Waals surface area contributed by atoms with Gasteiger partial charge >= 0.3 is 0 Å². The molecule has 2 aromatic carbocycles. The number of hydrogen-bond acceptors (Lipinski definition) is 1. The summed E-state index contributed by atoms with van der Waals surface area (Å²) in [6.45, 7) is 0. The molecule has 3 heteroatoms. The van der Waals surface area contributed by atoms with Crippen molar-refractivity contribution >= 4 is 0 Å². The van der Waals surface area contributed by atoms with Gasteiger partial charge in [-0.05, 0) is 35.4 Å². The normalized spacial score (nSPS) is 10.4. The summed E-state index contributed by atoms with van der Waals surface area (Å²) in [5.74, 6) is -0.314. The van der Waals surface area contributed by atoms with Crippen LogP contribution in [0.15, 0.2) is 71.5 Å². The maximum absolute atomic E-state index is 12.9. The predicted molar refractivity (Wildman–Crippen MR) is 77.9 cm³/mol. The minimum absolute atomic E-state index is 0.182. The van der Waals surface area contributed by atoms with E-state index in [-0.39, 0.29) is 11.4 Å². The van der Waals surface area contributed by atoms with Crippen LogP contribution in [-0.2, 0) is 0 Å². The Kier molecular flexibility index (Phi) is 3.17. The minimum atomic E-state index is -0.314. The molecule has 3 aromatic rings. The highest BCUT2D eigenvalue weighted by molar-refractivity contribution is 5.66. The Labute approximate surface area is 115 Å². The summed E-state index contributed by atoms with van der Waals surface area (Å²) in [4.78, 5) is 15.0. The van der Waals surface area contributed by atoms with Gasteiger partial charge in [-0.2, -0.15) is 0 Å². The zero-order chi connectivity index (χ0) is 13.9. The molecule has 0 aliphatic rings. The largest absolute Gasteiger partial charge is 0.321 e. The number of pyridine rings is 1. The number of rotatable bonds is 2. The summed E-state index contributed by atoms with van der Waals surface area (Å²) in [5.41, 5.74) is 2.77. The van der Waals surface area contributed by atoms with Crippen molar-refractivity contribution in [2.45, 2.75) is 0 Å². The highest BCUT2D eigenvalue weighted by Gasteiger charge is 2.05. The zero-order valence-corrected chi connectivity index (χ0v) is 10.6. The lowest BCUT2D eigenvalue weighted by Crippen LogP contribution is -2.09. The van der Waals surface area contributed by atoms with Crippen molar-refractivity contribution in [3.63, 3.8) is 0 Å². The molecule has 0 saturated carbocycles. The van der Waals surface area contributed by atoms with E-state index in [1.54, 1.807) is 18.2 Å². The molecule has 2 nitrogen and oxygen atoms in total. The monoisotopic (exact) mass is 265 g/mol. The number of nitrogens with one attached hydrogen (secondary N) is 1. The van der Waals surface area contributed by atoms with Crippen molar-refractivity contribution in [1.29, 1.82) is 0 Å². The Hall–Kier alpha value is -2.68. The van der Waals surface area contributed by atoms with Gasteiger partial charge < -0.3 is 4.98 Å². The highest BCUT2D eigenvalue weighted by atomic mass is 19.1. The van der Waals surface area contributed by atoms with Crippen molar-refractivity contribution in [2.24, 2.45) is 0 Å². The van der Waals surface area contributed by atoms with E-state index < -0.39 is 0 Å². The maximum Gasteiger partial charge on any atom is 0.256 e. The first-order valence-electron chi connectivity index (χ1n) is 6.29. The predicted octanol–water partition coefficient (Wildman–Crippen LogP) is 3.85. The van der Waals surface area contributed by atoms with Gasteiger partial charge in [0, 0.05) is 11.3 Å². The molecule has 0 fully saturated rings. The first kappa shape index (κ1) is 12.4. The van der Waals surface area contributed by atoms with Gasteiger partial charge in [-0.15, -0.1) is 0 Å². The van der Waals surface area contributed by atoms with Gasteiger partial charge in [0.1, 0.15) is 5.82 Å². The van der Waals surface area contributed by atoms with E-state index in [9.17, 15) is 9.18 Å². The number of aromatic nitrogens is 1. The molecule has 0 atom stereocenters. The summed E-state index contributed by atoms with van der Waals surface area (Å²) >= 11 is 0. The Balaban J connectivity index is 2.04. The summed E-state index contributed by atoms with van der Waals surface area (Å²) in [6.07, 6.45) is 0. The Morgan fingerprint density at radius 1 is 0.750 bits per heavy atom. The van der Waals surface area contributed by atoms with Crippen LogP contribution in [0.1, 0.15) is 0 Å². The average Bonchev–Trinajstić information content (AvgIpc) is 2.49. The maximum atomic E-state index is 12.9. The fourth-order valence-corrected chi connectivity index (χ4v) is 2.12. The van der Waals surface area contributed by atoms with Crippen LogP contribution in [0.3, 0.4) is 0 Å². The lowest BCUT2D eigenvalue weighted by molar-refractivity contribution is 0.628. The van der Waals surface area contributed by atoms with E-state index in [4.69, 9.17) is 0 Å². The smallest absolute Gasteiger partial charge is 0.256 e. The van der Waals surface area contributed by atoms with Crippen LogP contribution in [-0.4, -0.2) is 4.98 Å². The third kappa shape index (κ3) is 2.38. The van der Waals surface area contributed by atoms with E-state index in [1.807, 2.05) is 36.4 Å². The number of hydrogen-bond donors (Lipinski definition) is 1. The van der Waals surface area contributed by atoms with Gasteiger partial charge in [0.25, 0.3) is 5.56 Å². The van der Waals surface area contributed by atoms with Crippen LogP contribution < -0.4 is 5.56 Å². The Bertz CT molecular complexity index is 776. The third-order valence-corrected chi connectivity index (χ3v) is 3.15. The average molecular weight is 265 g/mol. The molecule has 1 aromatic heterocycles. The third-order valence-electron chi connectivity index (χ3n) is 3.15. The molecule has 3 rings (SSSR count). The number of H-pyrrole nitrogens is 1. The lowest BCUT2D eigenvalue weighted by Gasteiger charge is -2.04. The molecule has 0 amide bonds. The Morgan fingerprint density at radius 2 is 1.45 bits per heavy atom. The van der Waals surface area contributed by atoms with Crippen LogP contribution in [0.2, 0.25) is 0 Å². The fraction of sp³-hybridized carbons (Fsp3) is 0. The summed E-state index contributed by atoms with van der Waals surface area (Å²) in [6, 6.07) is 19.1. The molecule has 0 saturated heterocycles. The SMILES string of the molecule is O=c1[nH]c(-c2ccccc2)ccc1-c1ccc(F)cc1. The van der Waals surface area contributed by atoms with Crippen molar-refractivity contribution in [1.82, 2.24) is 4.98 Å². The highest BCUT2D eigenvalue weighted by Crippen LogP contribution is 2.19. The molecular weight excluding hydrogens is 253 g/mol. The van der Waals surface area contributed by atoms with Crippen molar-refractivity contribution in [3.05, 3.63) is 82.9 Å². The molecule has 1 N–H and O–H groups in total. The number of halogens is 1. The van der Waals surface area contributed by atoms with Gasteiger partial charge in [0.2, 0.25) is 0 Å². The van der Waals surface area contributed by atoms with Crippen LogP contribution in [0.5, 0.6) is 0 Å². The quantitative estimate of drug-likeness (QED) is 0.750. The molecule has 0 spiro atoms.